The number of non-ortho nitro benzene ring substituents is 1. The van der Waals surface area contributed by atoms with Crippen molar-refractivity contribution in [2.45, 2.75) is 43.7 Å². The maximum atomic E-state index is 14.0. The Hall–Kier alpha value is -2.59. The van der Waals surface area contributed by atoms with Gasteiger partial charge in [0.15, 0.2) is 13.9 Å². The molecule has 2 aromatic carbocycles. The first kappa shape index (κ1) is 21.6. The van der Waals surface area contributed by atoms with Gasteiger partial charge in [0.05, 0.1) is 16.7 Å². The number of hydrogen-bond donors (Lipinski definition) is 2. The number of carbonyl (C=O) groups excluding carboxylic acids is 1. The number of anilines is 2. The molecule has 1 amide bonds. The standard InChI is InChI=1S/C22H26N2O6Si/c1-14-20(31(2,3)29)19(11-12-25)30-22(14)17-13-16(24(27)28)9-10-18(17)23(21(22)26)15-7-5-4-6-8-15/h4-10,13-14,19-20,25,29H,11-12H2,1-3H3/t14-,19+,20-,22+/m0/s1. The molecule has 1 fully saturated rings. The number of amides is 1. The second kappa shape index (κ2) is 7.52. The first-order valence-electron chi connectivity index (χ1n) is 10.3. The van der Waals surface area contributed by atoms with Crippen molar-refractivity contribution in [3.05, 3.63) is 64.2 Å². The van der Waals surface area contributed by atoms with E-state index in [9.17, 15) is 24.8 Å². The van der Waals surface area contributed by atoms with Crippen LogP contribution in [0.4, 0.5) is 17.1 Å². The number of aliphatic hydroxyl groups excluding tert-OH is 1. The van der Waals surface area contributed by atoms with E-state index in [0.29, 0.717) is 16.9 Å². The molecule has 31 heavy (non-hydrogen) atoms. The van der Waals surface area contributed by atoms with Gasteiger partial charge in [-0.15, -0.1) is 0 Å². The van der Waals surface area contributed by atoms with Gasteiger partial charge < -0.3 is 14.6 Å². The Morgan fingerprint density at radius 3 is 2.48 bits per heavy atom. The zero-order valence-electron chi connectivity index (χ0n) is 17.7. The number of hydrogen-bond acceptors (Lipinski definition) is 6. The maximum absolute atomic E-state index is 14.0. The Morgan fingerprint density at radius 2 is 1.90 bits per heavy atom. The summed E-state index contributed by atoms with van der Waals surface area (Å²) in [6.45, 7) is 5.31. The van der Waals surface area contributed by atoms with Crippen LogP contribution in [0.25, 0.3) is 0 Å². The lowest BCUT2D eigenvalue weighted by Crippen LogP contribution is -2.45. The minimum absolute atomic E-state index is 0.126. The molecule has 0 bridgehead atoms. The van der Waals surface area contributed by atoms with Crippen molar-refractivity contribution in [1.29, 1.82) is 0 Å². The molecule has 2 aromatic rings. The first-order chi connectivity index (χ1) is 14.6. The second-order valence-corrected chi connectivity index (χ2v) is 12.8. The fourth-order valence-corrected chi connectivity index (χ4v) is 7.94. The Bertz CT molecular complexity index is 1020. The van der Waals surface area contributed by atoms with Crippen molar-refractivity contribution in [2.24, 2.45) is 5.92 Å². The van der Waals surface area contributed by atoms with Gasteiger partial charge in [-0.1, -0.05) is 25.1 Å². The number of benzene rings is 2. The molecule has 164 valence electrons. The van der Waals surface area contributed by atoms with E-state index >= 15 is 0 Å². The van der Waals surface area contributed by atoms with Crippen LogP contribution in [0.15, 0.2) is 48.5 Å². The number of nitrogens with zero attached hydrogens (tertiary/aromatic N) is 2. The lowest BCUT2D eigenvalue weighted by atomic mass is 9.82. The van der Waals surface area contributed by atoms with Crippen LogP contribution in [-0.4, -0.2) is 41.8 Å². The summed E-state index contributed by atoms with van der Waals surface area (Å²) < 4.78 is 6.43. The molecule has 0 aromatic heterocycles. The number of para-hydroxylation sites is 1. The highest BCUT2D eigenvalue weighted by Gasteiger charge is 2.66. The van der Waals surface area contributed by atoms with Gasteiger partial charge in [0, 0.05) is 41.4 Å². The summed E-state index contributed by atoms with van der Waals surface area (Å²) in [4.78, 5) is 37.6. The number of nitro groups is 1. The van der Waals surface area contributed by atoms with Crippen LogP contribution in [0.3, 0.4) is 0 Å². The van der Waals surface area contributed by atoms with Crippen LogP contribution in [0.2, 0.25) is 18.6 Å². The summed E-state index contributed by atoms with van der Waals surface area (Å²) in [5.74, 6) is -0.761. The van der Waals surface area contributed by atoms with Crippen LogP contribution in [-0.2, 0) is 15.1 Å². The predicted molar refractivity (Wildman–Crippen MR) is 118 cm³/mol. The summed E-state index contributed by atoms with van der Waals surface area (Å²) in [6.07, 6.45) is -0.255. The molecule has 0 unspecified atom stereocenters. The summed E-state index contributed by atoms with van der Waals surface area (Å²) in [6, 6.07) is 13.5. The molecule has 2 heterocycles. The molecular formula is C22H26N2O6Si. The largest absolute Gasteiger partial charge is 0.432 e. The monoisotopic (exact) mass is 442 g/mol. The molecule has 2 aliphatic heterocycles. The molecule has 1 saturated heterocycles. The van der Waals surface area contributed by atoms with Crippen molar-refractivity contribution >= 4 is 31.3 Å². The Kier molecular flexibility index (Phi) is 5.25. The van der Waals surface area contributed by atoms with E-state index < -0.39 is 30.9 Å². The average Bonchev–Trinajstić information content (AvgIpc) is 3.14. The summed E-state index contributed by atoms with van der Waals surface area (Å²) in [5, 5.41) is 21.1. The van der Waals surface area contributed by atoms with E-state index in [1.807, 2.05) is 25.1 Å². The Balaban J connectivity index is 1.95. The van der Waals surface area contributed by atoms with Gasteiger partial charge in [-0.25, -0.2) is 0 Å². The van der Waals surface area contributed by atoms with Crippen molar-refractivity contribution in [3.63, 3.8) is 0 Å². The topological polar surface area (TPSA) is 113 Å². The summed E-state index contributed by atoms with van der Waals surface area (Å²) in [5.41, 5.74) is -0.306. The molecule has 8 nitrogen and oxygen atoms in total. The molecule has 0 radical (unpaired) electrons. The number of ether oxygens (including phenoxy) is 1. The van der Waals surface area contributed by atoms with Crippen molar-refractivity contribution in [2.75, 3.05) is 11.5 Å². The highest BCUT2D eigenvalue weighted by atomic mass is 28.4. The fourth-order valence-electron chi connectivity index (χ4n) is 5.33. The number of carbonyl (C=O) groups is 1. The van der Waals surface area contributed by atoms with Gasteiger partial charge in [0.1, 0.15) is 0 Å². The third kappa shape index (κ3) is 3.20. The van der Waals surface area contributed by atoms with Crippen LogP contribution in [0, 0.1) is 16.0 Å². The van der Waals surface area contributed by atoms with E-state index in [1.165, 1.54) is 12.1 Å². The number of aliphatic hydroxyl groups is 1. The molecule has 0 saturated carbocycles. The van der Waals surface area contributed by atoms with E-state index in [1.54, 1.807) is 36.2 Å². The fraction of sp³-hybridized carbons (Fsp3) is 0.409. The third-order valence-corrected chi connectivity index (χ3v) is 9.02. The molecule has 9 heteroatoms. The van der Waals surface area contributed by atoms with Gasteiger partial charge in [-0.3, -0.25) is 19.8 Å². The number of nitro benzene ring substituents is 1. The minimum Gasteiger partial charge on any atom is -0.432 e. The number of fused-ring (bicyclic) bond motifs is 2. The average molecular weight is 443 g/mol. The zero-order chi connectivity index (χ0) is 22.6. The highest BCUT2D eigenvalue weighted by molar-refractivity contribution is 6.71. The van der Waals surface area contributed by atoms with Crippen LogP contribution in [0.5, 0.6) is 0 Å². The molecule has 0 aliphatic carbocycles. The second-order valence-electron chi connectivity index (χ2n) is 8.81. The lowest BCUT2D eigenvalue weighted by Gasteiger charge is -2.32. The molecule has 4 atom stereocenters. The lowest BCUT2D eigenvalue weighted by molar-refractivity contribution is -0.385. The summed E-state index contributed by atoms with van der Waals surface area (Å²) >= 11 is 0. The van der Waals surface area contributed by atoms with Gasteiger partial charge in [0.2, 0.25) is 0 Å². The molecular weight excluding hydrogens is 416 g/mol. The van der Waals surface area contributed by atoms with E-state index in [4.69, 9.17) is 4.74 Å². The predicted octanol–water partition coefficient (Wildman–Crippen LogP) is 3.45. The highest BCUT2D eigenvalue weighted by Crippen LogP contribution is 2.61. The first-order valence-corrected chi connectivity index (χ1v) is 13.3. The van der Waals surface area contributed by atoms with Gasteiger partial charge in [-0.05, 0) is 37.7 Å². The quantitative estimate of drug-likeness (QED) is 0.417. The number of rotatable bonds is 5. The molecule has 4 rings (SSSR count). The molecule has 2 N–H and O–H groups in total. The van der Waals surface area contributed by atoms with Gasteiger partial charge in [0.25, 0.3) is 11.6 Å². The normalized spacial score (nSPS) is 27.7. The Morgan fingerprint density at radius 1 is 1.23 bits per heavy atom. The van der Waals surface area contributed by atoms with Crippen LogP contribution < -0.4 is 4.90 Å². The minimum atomic E-state index is -2.81. The van der Waals surface area contributed by atoms with Crippen LogP contribution >= 0.6 is 0 Å². The van der Waals surface area contributed by atoms with Gasteiger partial charge >= 0.3 is 0 Å². The van der Waals surface area contributed by atoms with E-state index in [0.717, 1.165) is 0 Å². The SMILES string of the molecule is C[C@H]1[C@H]([Si](C)(C)O)[C@@H](CCO)O[C@]12C(=O)N(c1ccccc1)c1ccc([N+](=O)[O-])cc12. The third-order valence-electron chi connectivity index (χ3n) is 6.51. The summed E-state index contributed by atoms with van der Waals surface area (Å²) in [7, 11) is -2.81. The molecule has 1 spiro atoms. The maximum Gasteiger partial charge on any atom is 0.269 e. The zero-order valence-corrected chi connectivity index (χ0v) is 18.7. The van der Waals surface area contributed by atoms with Crippen LogP contribution in [0.1, 0.15) is 18.9 Å². The van der Waals surface area contributed by atoms with Crippen molar-refractivity contribution < 1.29 is 24.4 Å². The van der Waals surface area contributed by atoms with Gasteiger partial charge in [-0.2, -0.15) is 0 Å². The van der Waals surface area contributed by atoms with Crippen molar-refractivity contribution in [3.8, 4) is 0 Å². The smallest absolute Gasteiger partial charge is 0.269 e. The Labute approximate surface area is 181 Å². The van der Waals surface area contributed by atoms with E-state index in [2.05, 4.69) is 0 Å². The molecule has 2 aliphatic rings. The van der Waals surface area contributed by atoms with Crippen molar-refractivity contribution in [1.82, 2.24) is 0 Å². The van der Waals surface area contributed by atoms with E-state index in [-0.39, 0.29) is 30.2 Å².